The fraction of sp³-hybridized carbons (Fsp3) is 0.571. The first-order valence-electron chi connectivity index (χ1n) is 6.29. The molecule has 0 amide bonds. The Bertz CT molecular complexity index is 371. The average Bonchev–Trinajstić information content (AvgIpc) is 2.33. The largest absolute Gasteiger partial charge is 0.380 e. The molecule has 0 aliphatic heterocycles. The van der Waals surface area contributed by atoms with Crippen LogP contribution in [-0.2, 0) is 11.3 Å². The smallest absolute Gasteiger partial charge is 0.141 e. The standard InChI is InChI=1S/C14H21ClFNO/c1-4-18-9-14(10(2)3)17-8-11-5-6-13(16)12(15)7-11/h5-7,10,14,17H,4,8-9H2,1-3H3. The molecule has 1 unspecified atom stereocenters. The van der Waals surface area contributed by atoms with Gasteiger partial charge in [-0.25, -0.2) is 4.39 Å². The lowest BCUT2D eigenvalue weighted by molar-refractivity contribution is 0.108. The molecule has 0 saturated carbocycles. The third-order valence-corrected chi connectivity index (χ3v) is 3.15. The minimum absolute atomic E-state index is 0.167. The Kier molecular flexibility index (Phi) is 6.61. The van der Waals surface area contributed by atoms with E-state index in [9.17, 15) is 4.39 Å². The summed E-state index contributed by atoms with van der Waals surface area (Å²) in [5.74, 6) is 0.0996. The average molecular weight is 274 g/mol. The molecular formula is C14H21ClFNO. The zero-order valence-electron chi connectivity index (χ0n) is 11.2. The van der Waals surface area contributed by atoms with E-state index in [1.165, 1.54) is 6.07 Å². The molecule has 1 aromatic carbocycles. The van der Waals surface area contributed by atoms with Crippen molar-refractivity contribution in [2.45, 2.75) is 33.4 Å². The molecule has 0 bridgehead atoms. The molecule has 102 valence electrons. The SMILES string of the molecule is CCOCC(NCc1ccc(F)c(Cl)c1)C(C)C. The highest BCUT2D eigenvalue weighted by atomic mass is 35.5. The summed E-state index contributed by atoms with van der Waals surface area (Å²) in [4.78, 5) is 0. The summed E-state index contributed by atoms with van der Waals surface area (Å²) in [6.07, 6.45) is 0. The number of hydrogen-bond acceptors (Lipinski definition) is 2. The van der Waals surface area contributed by atoms with Crippen molar-refractivity contribution in [2.24, 2.45) is 5.92 Å². The van der Waals surface area contributed by atoms with Gasteiger partial charge in [0.1, 0.15) is 5.82 Å². The number of ether oxygens (including phenoxy) is 1. The molecule has 1 atom stereocenters. The molecule has 1 N–H and O–H groups in total. The quantitative estimate of drug-likeness (QED) is 0.819. The van der Waals surface area contributed by atoms with Crippen LogP contribution in [0.5, 0.6) is 0 Å². The summed E-state index contributed by atoms with van der Waals surface area (Å²) in [6, 6.07) is 5.08. The van der Waals surface area contributed by atoms with Crippen LogP contribution in [0.3, 0.4) is 0 Å². The highest BCUT2D eigenvalue weighted by Gasteiger charge is 2.12. The number of rotatable bonds is 7. The van der Waals surface area contributed by atoms with Gasteiger partial charge in [-0.3, -0.25) is 0 Å². The molecule has 0 aliphatic rings. The normalized spacial score (nSPS) is 13.0. The summed E-state index contributed by atoms with van der Waals surface area (Å²) in [5.41, 5.74) is 0.976. The number of halogens is 2. The molecule has 0 heterocycles. The Hall–Kier alpha value is -0.640. The molecule has 0 aromatic heterocycles. The Morgan fingerprint density at radius 2 is 2.11 bits per heavy atom. The van der Waals surface area contributed by atoms with Gasteiger partial charge in [-0.05, 0) is 30.5 Å². The minimum atomic E-state index is -0.379. The monoisotopic (exact) mass is 273 g/mol. The molecule has 0 fully saturated rings. The lowest BCUT2D eigenvalue weighted by Gasteiger charge is -2.22. The summed E-state index contributed by atoms with van der Waals surface area (Å²) in [5, 5.41) is 3.58. The van der Waals surface area contributed by atoms with E-state index in [2.05, 4.69) is 19.2 Å². The third-order valence-electron chi connectivity index (χ3n) is 2.86. The van der Waals surface area contributed by atoms with Gasteiger partial charge in [0.05, 0.1) is 11.6 Å². The number of nitrogens with one attached hydrogen (secondary N) is 1. The molecule has 0 saturated heterocycles. The first-order valence-corrected chi connectivity index (χ1v) is 6.67. The van der Waals surface area contributed by atoms with E-state index in [0.29, 0.717) is 25.7 Å². The molecule has 0 aliphatic carbocycles. The molecule has 2 nitrogen and oxygen atoms in total. The summed E-state index contributed by atoms with van der Waals surface area (Å²) >= 11 is 5.75. The van der Waals surface area contributed by atoms with E-state index in [1.807, 2.05) is 6.92 Å². The number of benzene rings is 1. The molecule has 4 heteroatoms. The molecular weight excluding hydrogens is 253 g/mol. The van der Waals surface area contributed by atoms with Crippen LogP contribution in [-0.4, -0.2) is 19.3 Å². The fourth-order valence-corrected chi connectivity index (χ4v) is 1.83. The van der Waals surface area contributed by atoms with Gasteiger partial charge in [0, 0.05) is 19.2 Å². The van der Waals surface area contributed by atoms with Crippen molar-refractivity contribution in [1.82, 2.24) is 5.32 Å². The predicted octanol–water partition coefficient (Wildman–Crippen LogP) is 3.63. The molecule has 0 spiro atoms. The van der Waals surface area contributed by atoms with E-state index < -0.39 is 0 Å². The van der Waals surface area contributed by atoms with E-state index in [1.54, 1.807) is 12.1 Å². The highest BCUT2D eigenvalue weighted by Crippen LogP contribution is 2.16. The Balaban J connectivity index is 2.52. The Labute approximate surface area is 113 Å². The van der Waals surface area contributed by atoms with Crippen molar-refractivity contribution in [1.29, 1.82) is 0 Å². The van der Waals surface area contributed by atoms with Crippen molar-refractivity contribution in [2.75, 3.05) is 13.2 Å². The van der Waals surface area contributed by atoms with Crippen LogP contribution in [0.1, 0.15) is 26.3 Å². The van der Waals surface area contributed by atoms with Gasteiger partial charge in [0.2, 0.25) is 0 Å². The first-order chi connectivity index (χ1) is 8.54. The van der Waals surface area contributed by atoms with Gasteiger partial charge < -0.3 is 10.1 Å². The van der Waals surface area contributed by atoms with E-state index >= 15 is 0 Å². The summed E-state index contributed by atoms with van der Waals surface area (Å²) in [7, 11) is 0. The fourth-order valence-electron chi connectivity index (χ4n) is 1.63. The van der Waals surface area contributed by atoms with Gasteiger partial charge >= 0.3 is 0 Å². The van der Waals surface area contributed by atoms with Crippen molar-refractivity contribution >= 4 is 11.6 Å². The predicted molar refractivity (Wildman–Crippen MR) is 73.4 cm³/mol. The van der Waals surface area contributed by atoms with Crippen molar-refractivity contribution in [3.8, 4) is 0 Å². The Morgan fingerprint density at radius 1 is 1.39 bits per heavy atom. The van der Waals surface area contributed by atoms with E-state index in [4.69, 9.17) is 16.3 Å². The van der Waals surface area contributed by atoms with Crippen molar-refractivity contribution in [3.63, 3.8) is 0 Å². The maximum absolute atomic E-state index is 13.0. The topological polar surface area (TPSA) is 21.3 Å². The molecule has 1 rings (SSSR count). The zero-order valence-corrected chi connectivity index (χ0v) is 11.9. The second-order valence-electron chi connectivity index (χ2n) is 4.64. The van der Waals surface area contributed by atoms with Gasteiger partial charge in [0.15, 0.2) is 0 Å². The number of hydrogen-bond donors (Lipinski definition) is 1. The van der Waals surface area contributed by atoms with Gasteiger partial charge in [-0.2, -0.15) is 0 Å². The maximum atomic E-state index is 13.0. The van der Waals surface area contributed by atoms with E-state index in [-0.39, 0.29) is 16.9 Å². The first kappa shape index (κ1) is 15.4. The molecule has 1 aromatic rings. The molecule has 18 heavy (non-hydrogen) atoms. The van der Waals surface area contributed by atoms with Crippen LogP contribution in [0.4, 0.5) is 4.39 Å². The zero-order chi connectivity index (χ0) is 13.5. The summed E-state index contributed by atoms with van der Waals surface area (Å²) < 4.78 is 18.5. The van der Waals surface area contributed by atoms with Gasteiger partial charge in [-0.1, -0.05) is 31.5 Å². The van der Waals surface area contributed by atoms with Crippen LogP contribution in [0.15, 0.2) is 18.2 Å². The lowest BCUT2D eigenvalue weighted by Crippen LogP contribution is -2.37. The summed E-state index contributed by atoms with van der Waals surface area (Å²) in [6.45, 7) is 8.34. The van der Waals surface area contributed by atoms with Crippen molar-refractivity contribution < 1.29 is 9.13 Å². The second-order valence-corrected chi connectivity index (χ2v) is 5.05. The molecule has 0 radical (unpaired) electrons. The van der Waals surface area contributed by atoms with Crippen molar-refractivity contribution in [3.05, 3.63) is 34.6 Å². The second kappa shape index (κ2) is 7.72. The maximum Gasteiger partial charge on any atom is 0.141 e. The highest BCUT2D eigenvalue weighted by molar-refractivity contribution is 6.30. The van der Waals surface area contributed by atoms with Crippen LogP contribution in [0, 0.1) is 11.7 Å². The van der Waals surface area contributed by atoms with Gasteiger partial charge in [0.25, 0.3) is 0 Å². The van der Waals surface area contributed by atoms with Crippen LogP contribution < -0.4 is 5.32 Å². The Morgan fingerprint density at radius 3 is 2.67 bits per heavy atom. The van der Waals surface area contributed by atoms with Crippen LogP contribution in [0.2, 0.25) is 5.02 Å². The van der Waals surface area contributed by atoms with Gasteiger partial charge in [-0.15, -0.1) is 0 Å². The lowest BCUT2D eigenvalue weighted by atomic mass is 10.0. The van der Waals surface area contributed by atoms with Crippen LogP contribution in [0.25, 0.3) is 0 Å². The van der Waals surface area contributed by atoms with Crippen LogP contribution >= 0.6 is 11.6 Å². The minimum Gasteiger partial charge on any atom is -0.380 e. The third kappa shape index (κ3) is 4.92. The van der Waals surface area contributed by atoms with E-state index in [0.717, 1.165) is 5.56 Å².